The van der Waals surface area contributed by atoms with Crippen molar-refractivity contribution in [3.63, 3.8) is 0 Å². The minimum absolute atomic E-state index is 0.119. The second-order valence-corrected chi connectivity index (χ2v) is 8.03. The SMILES string of the molecule is CC(C)Cc1ccc(-c2[nH]nc3c2[C@@H](c2cccs2)C(C#N)=C(N)O3)cc1. The average molecular weight is 376 g/mol. The Balaban J connectivity index is 1.81. The van der Waals surface area contributed by atoms with Crippen molar-refractivity contribution in [1.82, 2.24) is 10.2 Å². The van der Waals surface area contributed by atoms with Crippen molar-refractivity contribution in [2.75, 3.05) is 0 Å². The van der Waals surface area contributed by atoms with Gasteiger partial charge in [-0.25, -0.2) is 0 Å². The lowest BCUT2D eigenvalue weighted by atomic mass is 9.87. The van der Waals surface area contributed by atoms with E-state index < -0.39 is 0 Å². The first-order valence-electron chi connectivity index (χ1n) is 8.87. The fourth-order valence-electron chi connectivity index (χ4n) is 3.48. The van der Waals surface area contributed by atoms with Gasteiger partial charge >= 0.3 is 0 Å². The first-order chi connectivity index (χ1) is 13.1. The van der Waals surface area contributed by atoms with E-state index in [0.29, 0.717) is 17.4 Å². The number of nitrogens with one attached hydrogen (secondary N) is 1. The molecule has 6 heteroatoms. The molecular weight excluding hydrogens is 356 g/mol. The normalized spacial score (nSPS) is 16.1. The van der Waals surface area contributed by atoms with Crippen molar-refractivity contribution in [1.29, 1.82) is 5.26 Å². The Kier molecular flexibility index (Phi) is 4.46. The Morgan fingerprint density at radius 2 is 2.07 bits per heavy atom. The van der Waals surface area contributed by atoms with Crippen molar-refractivity contribution in [2.24, 2.45) is 11.7 Å². The van der Waals surface area contributed by atoms with Gasteiger partial charge < -0.3 is 10.5 Å². The molecule has 1 aliphatic rings. The molecular formula is C21H20N4OS. The minimum Gasteiger partial charge on any atom is -0.420 e. The molecule has 0 unspecified atom stereocenters. The van der Waals surface area contributed by atoms with Crippen molar-refractivity contribution in [2.45, 2.75) is 26.2 Å². The van der Waals surface area contributed by atoms with E-state index >= 15 is 0 Å². The predicted octanol–water partition coefficient (Wildman–Crippen LogP) is 4.55. The van der Waals surface area contributed by atoms with Gasteiger partial charge in [0, 0.05) is 10.4 Å². The zero-order valence-corrected chi connectivity index (χ0v) is 16.0. The second-order valence-electron chi connectivity index (χ2n) is 7.05. The highest BCUT2D eigenvalue weighted by molar-refractivity contribution is 7.10. The number of rotatable bonds is 4. The first-order valence-corrected chi connectivity index (χ1v) is 9.75. The molecule has 0 saturated carbocycles. The molecule has 1 aliphatic heterocycles. The number of ether oxygens (including phenoxy) is 1. The van der Waals surface area contributed by atoms with Gasteiger partial charge in [-0.2, -0.15) is 5.26 Å². The van der Waals surface area contributed by atoms with Gasteiger partial charge in [-0.3, -0.25) is 5.10 Å². The predicted molar refractivity (Wildman–Crippen MR) is 106 cm³/mol. The van der Waals surface area contributed by atoms with Crippen LogP contribution in [0.5, 0.6) is 5.88 Å². The largest absolute Gasteiger partial charge is 0.420 e. The molecule has 27 heavy (non-hydrogen) atoms. The number of benzene rings is 1. The maximum absolute atomic E-state index is 9.68. The number of allylic oxidation sites excluding steroid dienone is 1. The lowest BCUT2D eigenvalue weighted by Crippen LogP contribution is -2.20. The molecule has 1 atom stereocenters. The fourth-order valence-corrected chi connectivity index (χ4v) is 4.33. The molecule has 1 aromatic carbocycles. The summed E-state index contributed by atoms with van der Waals surface area (Å²) in [4.78, 5) is 1.04. The zero-order chi connectivity index (χ0) is 19.0. The van der Waals surface area contributed by atoms with Crippen LogP contribution in [0.25, 0.3) is 11.3 Å². The van der Waals surface area contributed by atoms with E-state index in [1.807, 2.05) is 17.5 Å². The van der Waals surface area contributed by atoms with Gasteiger partial charge in [-0.1, -0.05) is 44.2 Å². The number of aromatic nitrogens is 2. The lowest BCUT2D eigenvalue weighted by Gasteiger charge is -2.22. The van der Waals surface area contributed by atoms with Gasteiger partial charge in [0.05, 0.1) is 17.2 Å². The molecule has 5 nitrogen and oxygen atoms in total. The average Bonchev–Trinajstić information content (AvgIpc) is 3.30. The number of thiophene rings is 1. The van der Waals surface area contributed by atoms with Crippen LogP contribution in [0.15, 0.2) is 53.2 Å². The van der Waals surface area contributed by atoms with Crippen LogP contribution in [0.2, 0.25) is 0 Å². The van der Waals surface area contributed by atoms with Gasteiger partial charge in [0.2, 0.25) is 11.8 Å². The summed E-state index contributed by atoms with van der Waals surface area (Å²) in [6.45, 7) is 4.42. The summed E-state index contributed by atoms with van der Waals surface area (Å²) in [5, 5.41) is 19.1. The summed E-state index contributed by atoms with van der Waals surface area (Å²) >= 11 is 1.59. The van der Waals surface area contributed by atoms with E-state index in [2.05, 4.69) is 54.4 Å². The zero-order valence-electron chi connectivity index (χ0n) is 15.2. The topological polar surface area (TPSA) is 87.7 Å². The van der Waals surface area contributed by atoms with Gasteiger partial charge in [-0.15, -0.1) is 16.4 Å². The van der Waals surface area contributed by atoms with Crippen molar-refractivity contribution < 1.29 is 4.74 Å². The molecule has 136 valence electrons. The quantitative estimate of drug-likeness (QED) is 0.699. The van der Waals surface area contributed by atoms with Crippen LogP contribution in [-0.2, 0) is 6.42 Å². The van der Waals surface area contributed by atoms with E-state index in [9.17, 15) is 5.26 Å². The van der Waals surface area contributed by atoms with E-state index in [4.69, 9.17) is 10.5 Å². The van der Waals surface area contributed by atoms with Gasteiger partial charge in [0.25, 0.3) is 0 Å². The van der Waals surface area contributed by atoms with Crippen LogP contribution in [0.1, 0.15) is 35.8 Å². The molecule has 3 N–H and O–H groups in total. The molecule has 0 spiro atoms. The summed E-state index contributed by atoms with van der Waals surface area (Å²) in [5.41, 5.74) is 10.5. The number of H-pyrrole nitrogens is 1. The standard InChI is InChI=1S/C21H20N4OS/c1-12(2)10-13-5-7-14(8-6-13)19-18-17(16-4-3-9-27-16)15(11-22)20(23)26-21(18)25-24-19/h3-9,12,17H,10,23H2,1-2H3,(H,24,25)/t17-/m1/s1. The molecule has 0 fully saturated rings. The highest BCUT2D eigenvalue weighted by Crippen LogP contribution is 2.46. The molecule has 0 bridgehead atoms. The van der Waals surface area contributed by atoms with Crippen LogP contribution in [-0.4, -0.2) is 10.2 Å². The summed E-state index contributed by atoms with van der Waals surface area (Å²) in [7, 11) is 0. The summed E-state index contributed by atoms with van der Waals surface area (Å²) in [6, 6.07) is 14.7. The van der Waals surface area contributed by atoms with Gasteiger partial charge in [0.15, 0.2) is 0 Å². The number of hydrogen-bond acceptors (Lipinski definition) is 5. The maximum atomic E-state index is 9.68. The Hall–Kier alpha value is -3.04. The minimum atomic E-state index is -0.275. The molecule has 3 heterocycles. The molecule has 0 saturated heterocycles. The van der Waals surface area contributed by atoms with E-state index in [-0.39, 0.29) is 11.8 Å². The molecule has 3 aromatic rings. The van der Waals surface area contributed by atoms with Crippen LogP contribution in [0, 0.1) is 17.2 Å². The van der Waals surface area contributed by atoms with Crippen LogP contribution >= 0.6 is 11.3 Å². The van der Waals surface area contributed by atoms with Gasteiger partial charge in [-0.05, 0) is 29.3 Å². The number of fused-ring (bicyclic) bond motifs is 1. The van der Waals surface area contributed by atoms with Crippen LogP contribution in [0.3, 0.4) is 0 Å². The van der Waals surface area contributed by atoms with Crippen LogP contribution in [0.4, 0.5) is 0 Å². The van der Waals surface area contributed by atoms with Crippen molar-refractivity contribution in [3.05, 3.63) is 69.2 Å². The highest BCUT2D eigenvalue weighted by atomic mass is 32.1. The Labute approximate surface area is 162 Å². The third kappa shape index (κ3) is 3.11. The monoisotopic (exact) mass is 376 g/mol. The Morgan fingerprint density at radius 1 is 1.30 bits per heavy atom. The Bertz CT molecular complexity index is 1020. The number of nitrogens with zero attached hydrogens (tertiary/aromatic N) is 2. The number of nitriles is 1. The van der Waals surface area contributed by atoms with E-state index in [1.54, 1.807) is 11.3 Å². The lowest BCUT2D eigenvalue weighted by molar-refractivity contribution is 0.379. The van der Waals surface area contributed by atoms with E-state index in [1.165, 1.54) is 5.56 Å². The smallest absolute Gasteiger partial charge is 0.244 e. The number of hydrogen-bond donors (Lipinski definition) is 2. The second kappa shape index (κ2) is 6.93. The summed E-state index contributed by atoms with van der Waals surface area (Å²) < 4.78 is 5.64. The maximum Gasteiger partial charge on any atom is 0.244 e. The summed E-state index contributed by atoms with van der Waals surface area (Å²) in [5.74, 6) is 0.890. The molecule has 0 radical (unpaired) electrons. The molecule has 4 rings (SSSR count). The highest BCUT2D eigenvalue weighted by Gasteiger charge is 2.36. The Morgan fingerprint density at radius 3 is 2.70 bits per heavy atom. The first kappa shape index (κ1) is 17.4. The van der Waals surface area contributed by atoms with Crippen molar-refractivity contribution >= 4 is 11.3 Å². The molecule has 2 aromatic heterocycles. The molecule has 0 aliphatic carbocycles. The number of aromatic amines is 1. The van der Waals surface area contributed by atoms with Crippen LogP contribution < -0.4 is 10.5 Å². The fraction of sp³-hybridized carbons (Fsp3) is 0.238. The molecule has 0 amide bonds. The third-order valence-corrected chi connectivity index (χ3v) is 5.59. The van der Waals surface area contributed by atoms with Crippen molar-refractivity contribution in [3.8, 4) is 23.2 Å². The van der Waals surface area contributed by atoms with E-state index in [0.717, 1.165) is 28.1 Å². The van der Waals surface area contributed by atoms with Gasteiger partial charge in [0.1, 0.15) is 11.6 Å². The number of nitrogens with two attached hydrogens (primary N) is 1. The summed E-state index contributed by atoms with van der Waals surface area (Å²) in [6.07, 6.45) is 1.04. The third-order valence-electron chi connectivity index (χ3n) is 4.65.